The number of benzene rings is 1. The zero-order valence-electron chi connectivity index (χ0n) is 14.7. The van der Waals surface area contributed by atoms with E-state index in [4.69, 9.17) is 0 Å². The minimum Gasteiger partial charge on any atom is -0.384 e. The zero-order chi connectivity index (χ0) is 17.5. The molecule has 1 aromatic carbocycles. The molecule has 2 N–H and O–H groups in total. The molecule has 0 spiro atoms. The third-order valence-electron chi connectivity index (χ3n) is 4.73. The Bertz CT molecular complexity index is 689. The van der Waals surface area contributed by atoms with Crippen LogP contribution in [0.25, 0.3) is 0 Å². The molecule has 0 radical (unpaired) electrons. The standard InChI is InChI=1S/C20H26N4O/c1-16(24-13-9-17-6-2-3-7-18(17)15-24)20(25)23-12-5-11-22-19-8-4-10-21-14-19/h2-4,6-8,10,14,16,22H,5,9,11-13,15H2,1H3,(H,23,25)/t16-/m1/s1. The van der Waals surface area contributed by atoms with E-state index in [2.05, 4.69) is 44.8 Å². The summed E-state index contributed by atoms with van der Waals surface area (Å²) in [5.74, 6) is 0.112. The van der Waals surface area contributed by atoms with Crippen LogP contribution in [-0.4, -0.2) is 41.5 Å². The molecule has 2 aromatic rings. The summed E-state index contributed by atoms with van der Waals surface area (Å²) < 4.78 is 0. The summed E-state index contributed by atoms with van der Waals surface area (Å²) in [6.45, 7) is 5.29. The monoisotopic (exact) mass is 338 g/mol. The van der Waals surface area contributed by atoms with Gasteiger partial charge in [0.05, 0.1) is 11.7 Å². The van der Waals surface area contributed by atoms with E-state index in [0.717, 1.165) is 38.2 Å². The number of aromatic nitrogens is 1. The van der Waals surface area contributed by atoms with Gasteiger partial charge in [-0.1, -0.05) is 24.3 Å². The van der Waals surface area contributed by atoms with Crippen LogP contribution in [-0.2, 0) is 17.8 Å². The number of nitrogens with one attached hydrogen (secondary N) is 2. The number of carbonyl (C=O) groups is 1. The highest BCUT2D eigenvalue weighted by molar-refractivity contribution is 5.81. The lowest BCUT2D eigenvalue weighted by atomic mass is 9.99. The topological polar surface area (TPSA) is 57.3 Å². The molecule has 0 saturated carbocycles. The van der Waals surface area contributed by atoms with Crippen LogP contribution in [0, 0.1) is 0 Å². The summed E-state index contributed by atoms with van der Waals surface area (Å²) >= 11 is 0. The fraction of sp³-hybridized carbons (Fsp3) is 0.400. The lowest BCUT2D eigenvalue weighted by molar-refractivity contribution is -0.126. The SMILES string of the molecule is C[C@H](C(=O)NCCCNc1cccnc1)N1CCc2ccccc2C1. The number of rotatable bonds is 7. The molecule has 3 rings (SSSR count). The van der Waals surface area contributed by atoms with Crippen molar-refractivity contribution >= 4 is 11.6 Å². The number of carbonyl (C=O) groups excluding carboxylic acids is 1. The first-order chi connectivity index (χ1) is 12.2. The van der Waals surface area contributed by atoms with E-state index in [9.17, 15) is 4.79 Å². The Hall–Kier alpha value is -2.40. The number of fused-ring (bicyclic) bond motifs is 1. The molecular formula is C20H26N4O. The molecule has 5 heteroatoms. The molecular weight excluding hydrogens is 312 g/mol. The quantitative estimate of drug-likeness (QED) is 0.762. The van der Waals surface area contributed by atoms with Crippen LogP contribution in [0.1, 0.15) is 24.5 Å². The molecule has 2 heterocycles. The molecule has 0 saturated heterocycles. The van der Waals surface area contributed by atoms with Gasteiger partial charge in [0.1, 0.15) is 0 Å². The van der Waals surface area contributed by atoms with Gasteiger partial charge in [0.25, 0.3) is 0 Å². The molecule has 0 unspecified atom stereocenters. The molecule has 1 aliphatic rings. The smallest absolute Gasteiger partial charge is 0.237 e. The van der Waals surface area contributed by atoms with Gasteiger partial charge in [-0.3, -0.25) is 14.7 Å². The summed E-state index contributed by atoms with van der Waals surface area (Å²) in [6, 6.07) is 12.3. The Morgan fingerprint density at radius 3 is 2.84 bits per heavy atom. The number of amides is 1. The molecule has 132 valence electrons. The maximum atomic E-state index is 12.4. The van der Waals surface area contributed by atoms with Gasteiger partial charge in [-0.05, 0) is 43.0 Å². The minimum atomic E-state index is -0.0976. The second kappa shape index (κ2) is 8.62. The molecule has 1 aromatic heterocycles. The summed E-state index contributed by atoms with van der Waals surface area (Å²) in [5.41, 5.74) is 3.76. The molecule has 1 atom stereocenters. The first kappa shape index (κ1) is 17.4. The van der Waals surface area contributed by atoms with Gasteiger partial charge in [0, 0.05) is 38.6 Å². The number of hydrogen-bond acceptors (Lipinski definition) is 4. The first-order valence-electron chi connectivity index (χ1n) is 8.96. The van der Waals surface area contributed by atoms with E-state index in [1.54, 1.807) is 12.4 Å². The Kier molecular flexibility index (Phi) is 6.01. The molecule has 1 amide bonds. The zero-order valence-corrected chi connectivity index (χ0v) is 14.7. The predicted octanol–water partition coefficient (Wildman–Crippen LogP) is 2.45. The fourth-order valence-corrected chi connectivity index (χ4v) is 3.16. The van der Waals surface area contributed by atoms with Gasteiger partial charge in [0.15, 0.2) is 0 Å². The van der Waals surface area contributed by atoms with Crippen molar-refractivity contribution in [3.05, 3.63) is 59.9 Å². The van der Waals surface area contributed by atoms with Gasteiger partial charge in [-0.25, -0.2) is 0 Å². The average Bonchev–Trinajstić information content (AvgIpc) is 2.67. The number of anilines is 1. The maximum Gasteiger partial charge on any atom is 0.237 e. The largest absolute Gasteiger partial charge is 0.384 e. The second-order valence-corrected chi connectivity index (χ2v) is 6.48. The number of nitrogens with zero attached hydrogens (tertiary/aromatic N) is 2. The van der Waals surface area contributed by atoms with Gasteiger partial charge < -0.3 is 10.6 Å². The minimum absolute atomic E-state index is 0.0976. The highest BCUT2D eigenvalue weighted by atomic mass is 16.2. The van der Waals surface area contributed by atoms with Crippen LogP contribution in [0.5, 0.6) is 0 Å². The van der Waals surface area contributed by atoms with Gasteiger partial charge in [0.2, 0.25) is 5.91 Å². The normalized spacial score (nSPS) is 15.2. The lowest BCUT2D eigenvalue weighted by Crippen LogP contribution is -2.47. The summed E-state index contributed by atoms with van der Waals surface area (Å²) in [7, 11) is 0. The van der Waals surface area contributed by atoms with Gasteiger partial charge in [-0.15, -0.1) is 0 Å². The van der Waals surface area contributed by atoms with Crippen molar-refractivity contribution in [1.82, 2.24) is 15.2 Å². The fourth-order valence-electron chi connectivity index (χ4n) is 3.16. The summed E-state index contributed by atoms with van der Waals surface area (Å²) in [4.78, 5) is 18.7. The Morgan fingerprint density at radius 1 is 1.20 bits per heavy atom. The summed E-state index contributed by atoms with van der Waals surface area (Å²) in [5, 5.41) is 6.35. The van der Waals surface area contributed by atoms with Crippen LogP contribution in [0.2, 0.25) is 0 Å². The van der Waals surface area contributed by atoms with Crippen molar-refractivity contribution in [3.63, 3.8) is 0 Å². The molecule has 0 fully saturated rings. The highest BCUT2D eigenvalue weighted by Gasteiger charge is 2.24. The molecule has 5 nitrogen and oxygen atoms in total. The second-order valence-electron chi connectivity index (χ2n) is 6.48. The predicted molar refractivity (Wildman–Crippen MR) is 100 cm³/mol. The Balaban J connectivity index is 1.38. The summed E-state index contributed by atoms with van der Waals surface area (Å²) in [6.07, 6.45) is 5.46. The third-order valence-corrected chi connectivity index (χ3v) is 4.73. The van der Waals surface area contributed by atoms with Crippen LogP contribution in [0.15, 0.2) is 48.8 Å². The van der Waals surface area contributed by atoms with E-state index in [-0.39, 0.29) is 11.9 Å². The van der Waals surface area contributed by atoms with Gasteiger partial charge in [-0.2, -0.15) is 0 Å². The van der Waals surface area contributed by atoms with Crippen molar-refractivity contribution in [3.8, 4) is 0 Å². The van der Waals surface area contributed by atoms with Crippen LogP contribution >= 0.6 is 0 Å². The van der Waals surface area contributed by atoms with Crippen molar-refractivity contribution in [2.24, 2.45) is 0 Å². The van der Waals surface area contributed by atoms with E-state index in [1.165, 1.54) is 11.1 Å². The highest BCUT2D eigenvalue weighted by Crippen LogP contribution is 2.20. The number of pyridine rings is 1. The molecule has 25 heavy (non-hydrogen) atoms. The van der Waals surface area contributed by atoms with E-state index >= 15 is 0 Å². The van der Waals surface area contributed by atoms with Crippen molar-refractivity contribution in [2.75, 3.05) is 25.0 Å². The van der Waals surface area contributed by atoms with Gasteiger partial charge >= 0.3 is 0 Å². The van der Waals surface area contributed by atoms with Crippen LogP contribution in [0.3, 0.4) is 0 Å². The van der Waals surface area contributed by atoms with E-state index in [0.29, 0.717) is 6.54 Å². The van der Waals surface area contributed by atoms with Crippen molar-refractivity contribution in [2.45, 2.75) is 32.4 Å². The third kappa shape index (κ3) is 4.79. The first-order valence-corrected chi connectivity index (χ1v) is 8.96. The molecule has 1 aliphatic heterocycles. The molecule has 0 aliphatic carbocycles. The maximum absolute atomic E-state index is 12.4. The van der Waals surface area contributed by atoms with Crippen molar-refractivity contribution < 1.29 is 4.79 Å². The van der Waals surface area contributed by atoms with Crippen LogP contribution < -0.4 is 10.6 Å². The van der Waals surface area contributed by atoms with Crippen molar-refractivity contribution in [1.29, 1.82) is 0 Å². The molecule has 0 bridgehead atoms. The lowest BCUT2D eigenvalue weighted by Gasteiger charge is -2.32. The van der Waals surface area contributed by atoms with E-state index in [1.807, 2.05) is 19.1 Å². The Labute approximate surface area is 149 Å². The average molecular weight is 338 g/mol. The number of hydrogen-bond donors (Lipinski definition) is 2. The van der Waals surface area contributed by atoms with Crippen LogP contribution in [0.4, 0.5) is 5.69 Å². The van der Waals surface area contributed by atoms with E-state index < -0.39 is 0 Å². The Morgan fingerprint density at radius 2 is 2.04 bits per heavy atom.